The molecule has 1 aromatic rings. The van der Waals surface area contributed by atoms with Gasteiger partial charge in [0.15, 0.2) is 28.9 Å². The van der Waals surface area contributed by atoms with Gasteiger partial charge in [-0.1, -0.05) is 20.8 Å². The number of carbonyl (C=O) groups excluding carboxylic acids is 1. The molecule has 1 aliphatic heterocycles. The summed E-state index contributed by atoms with van der Waals surface area (Å²) in [5.41, 5.74) is -2.59. The molecule has 150 valence electrons. The van der Waals surface area contributed by atoms with Crippen LogP contribution in [0.2, 0.25) is 0 Å². The first-order valence-corrected chi connectivity index (χ1v) is 8.76. The molecule has 2 aliphatic rings. The standard InChI is InChI=1S/C19H21F5O3/c1-8(25)27-19-6-5-9(18(2,3)4)7-10(19)26-17(19)11-12(20)14(22)16(24)15(23)13(11)21/h9-10,17H,5-7H2,1-4H3/t9-,10-,17-,19-/m0/s1. The summed E-state index contributed by atoms with van der Waals surface area (Å²) in [6, 6.07) is 0. The van der Waals surface area contributed by atoms with Crippen LogP contribution in [0, 0.1) is 40.4 Å². The van der Waals surface area contributed by atoms with Crippen LogP contribution in [0.25, 0.3) is 0 Å². The van der Waals surface area contributed by atoms with Gasteiger partial charge in [0.2, 0.25) is 5.82 Å². The fourth-order valence-electron chi connectivity index (χ4n) is 4.20. The van der Waals surface area contributed by atoms with E-state index in [9.17, 15) is 26.7 Å². The maximum absolute atomic E-state index is 14.3. The number of hydrogen-bond acceptors (Lipinski definition) is 3. The third-order valence-corrected chi connectivity index (χ3v) is 5.74. The van der Waals surface area contributed by atoms with Gasteiger partial charge in [-0.05, 0) is 30.6 Å². The number of carbonyl (C=O) groups is 1. The molecule has 0 bridgehead atoms. The first kappa shape index (κ1) is 20.0. The second-order valence-corrected chi connectivity index (χ2v) is 8.37. The van der Waals surface area contributed by atoms with Gasteiger partial charge in [0, 0.05) is 6.92 Å². The zero-order valence-electron chi connectivity index (χ0n) is 15.5. The van der Waals surface area contributed by atoms with Crippen molar-refractivity contribution < 1.29 is 36.2 Å². The molecule has 0 radical (unpaired) electrons. The van der Waals surface area contributed by atoms with Gasteiger partial charge < -0.3 is 9.47 Å². The van der Waals surface area contributed by atoms with E-state index in [4.69, 9.17) is 9.47 Å². The van der Waals surface area contributed by atoms with Crippen molar-refractivity contribution in [2.24, 2.45) is 11.3 Å². The topological polar surface area (TPSA) is 35.5 Å². The number of fused-ring (bicyclic) bond motifs is 1. The lowest BCUT2D eigenvalue weighted by atomic mass is 9.62. The third kappa shape index (κ3) is 3.02. The molecule has 1 heterocycles. The average molecular weight is 392 g/mol. The van der Waals surface area contributed by atoms with Crippen LogP contribution in [0.4, 0.5) is 22.0 Å². The Kier molecular flexibility index (Phi) is 4.77. The molecule has 1 saturated carbocycles. The lowest BCUT2D eigenvalue weighted by molar-refractivity contribution is -0.323. The van der Waals surface area contributed by atoms with Crippen LogP contribution in [0.1, 0.15) is 58.6 Å². The Morgan fingerprint density at radius 2 is 1.56 bits per heavy atom. The Bertz CT molecular complexity index is 760. The summed E-state index contributed by atoms with van der Waals surface area (Å²) in [4.78, 5) is 11.6. The van der Waals surface area contributed by atoms with E-state index >= 15 is 0 Å². The van der Waals surface area contributed by atoms with Gasteiger partial charge in [-0.15, -0.1) is 0 Å². The second kappa shape index (κ2) is 6.43. The van der Waals surface area contributed by atoms with Crippen LogP contribution < -0.4 is 0 Å². The number of hydrogen-bond donors (Lipinski definition) is 0. The number of ether oxygens (including phenoxy) is 2. The molecular formula is C19H21F5O3. The molecule has 8 heteroatoms. The predicted octanol–water partition coefficient (Wildman–Crippen LogP) is 4.97. The average Bonchev–Trinajstić information content (AvgIpc) is 2.56. The van der Waals surface area contributed by atoms with E-state index in [1.54, 1.807) is 0 Å². The summed E-state index contributed by atoms with van der Waals surface area (Å²) in [5, 5.41) is 0. The van der Waals surface area contributed by atoms with E-state index in [0.29, 0.717) is 12.8 Å². The first-order chi connectivity index (χ1) is 12.4. The van der Waals surface area contributed by atoms with E-state index in [-0.39, 0.29) is 17.8 Å². The Labute approximate surface area is 153 Å². The lowest BCUT2D eigenvalue weighted by Crippen LogP contribution is -2.65. The van der Waals surface area contributed by atoms with Crippen LogP contribution in [0.3, 0.4) is 0 Å². The number of halogens is 5. The molecular weight excluding hydrogens is 371 g/mol. The highest BCUT2D eigenvalue weighted by atomic mass is 19.2. The fraction of sp³-hybridized carbons (Fsp3) is 0.632. The van der Waals surface area contributed by atoms with E-state index in [1.807, 2.05) is 20.8 Å². The maximum atomic E-state index is 14.3. The Morgan fingerprint density at radius 1 is 1.04 bits per heavy atom. The smallest absolute Gasteiger partial charge is 0.303 e. The summed E-state index contributed by atoms with van der Waals surface area (Å²) in [5.74, 6) is -10.7. The Morgan fingerprint density at radius 3 is 2.00 bits per heavy atom. The van der Waals surface area contributed by atoms with Crippen LogP contribution >= 0.6 is 0 Å². The molecule has 4 atom stereocenters. The van der Waals surface area contributed by atoms with Gasteiger partial charge >= 0.3 is 5.97 Å². The van der Waals surface area contributed by atoms with Crippen molar-refractivity contribution in [1.29, 1.82) is 0 Å². The molecule has 3 rings (SSSR count). The van der Waals surface area contributed by atoms with Gasteiger partial charge in [0.25, 0.3) is 0 Å². The molecule has 27 heavy (non-hydrogen) atoms. The molecule has 3 nitrogen and oxygen atoms in total. The molecule has 0 spiro atoms. The maximum Gasteiger partial charge on any atom is 0.303 e. The van der Waals surface area contributed by atoms with Crippen LogP contribution in [0.5, 0.6) is 0 Å². The van der Waals surface area contributed by atoms with Crippen molar-refractivity contribution in [1.82, 2.24) is 0 Å². The SMILES string of the molecule is CC(=O)O[C@@]12CC[C@H](C(C)(C)C)C[C@@H]1O[C@H]2c1c(F)c(F)c(F)c(F)c1F. The molecule has 1 saturated heterocycles. The molecule has 1 aliphatic carbocycles. The van der Waals surface area contributed by atoms with Crippen molar-refractivity contribution in [2.75, 3.05) is 0 Å². The minimum atomic E-state index is -2.23. The number of esters is 1. The van der Waals surface area contributed by atoms with E-state index in [0.717, 1.165) is 6.92 Å². The molecule has 2 fully saturated rings. The highest BCUT2D eigenvalue weighted by Gasteiger charge is 2.64. The largest absolute Gasteiger partial charge is 0.453 e. The quantitative estimate of drug-likeness (QED) is 0.309. The lowest BCUT2D eigenvalue weighted by Gasteiger charge is -2.59. The zero-order chi connectivity index (χ0) is 20.3. The molecule has 0 amide bonds. The highest BCUT2D eigenvalue weighted by molar-refractivity contribution is 5.67. The fourth-order valence-corrected chi connectivity index (χ4v) is 4.20. The van der Waals surface area contributed by atoms with Gasteiger partial charge in [-0.3, -0.25) is 4.79 Å². The molecule has 1 aromatic carbocycles. The van der Waals surface area contributed by atoms with Crippen molar-refractivity contribution in [3.63, 3.8) is 0 Å². The Balaban J connectivity index is 2.03. The van der Waals surface area contributed by atoms with Gasteiger partial charge in [0.1, 0.15) is 12.2 Å². The van der Waals surface area contributed by atoms with Gasteiger partial charge in [-0.25, -0.2) is 22.0 Å². The number of rotatable bonds is 2. The summed E-state index contributed by atoms with van der Waals surface area (Å²) in [6.07, 6.45) is -0.967. The van der Waals surface area contributed by atoms with E-state index < -0.39 is 58.4 Å². The predicted molar refractivity (Wildman–Crippen MR) is 85.1 cm³/mol. The van der Waals surface area contributed by atoms with Crippen molar-refractivity contribution >= 4 is 5.97 Å². The van der Waals surface area contributed by atoms with E-state index in [2.05, 4.69) is 0 Å². The number of benzene rings is 1. The highest BCUT2D eigenvalue weighted by Crippen LogP contribution is 2.58. The minimum Gasteiger partial charge on any atom is -0.453 e. The molecule has 0 unspecified atom stereocenters. The van der Waals surface area contributed by atoms with Crippen LogP contribution in [-0.4, -0.2) is 17.7 Å². The van der Waals surface area contributed by atoms with Crippen molar-refractivity contribution in [3.8, 4) is 0 Å². The summed E-state index contributed by atoms with van der Waals surface area (Å²) < 4.78 is 80.1. The third-order valence-electron chi connectivity index (χ3n) is 5.74. The van der Waals surface area contributed by atoms with Crippen LogP contribution in [0.15, 0.2) is 0 Å². The van der Waals surface area contributed by atoms with Gasteiger partial charge in [0.05, 0.1) is 5.56 Å². The summed E-state index contributed by atoms with van der Waals surface area (Å²) in [6.45, 7) is 7.25. The Hall–Kier alpha value is -1.70. The minimum absolute atomic E-state index is 0.0680. The summed E-state index contributed by atoms with van der Waals surface area (Å²) in [7, 11) is 0. The molecule has 0 aromatic heterocycles. The second-order valence-electron chi connectivity index (χ2n) is 8.37. The van der Waals surface area contributed by atoms with Crippen LogP contribution in [-0.2, 0) is 14.3 Å². The monoisotopic (exact) mass is 392 g/mol. The zero-order valence-corrected chi connectivity index (χ0v) is 15.5. The van der Waals surface area contributed by atoms with Gasteiger partial charge in [-0.2, -0.15) is 0 Å². The summed E-state index contributed by atoms with van der Waals surface area (Å²) >= 11 is 0. The molecule has 0 N–H and O–H groups in total. The van der Waals surface area contributed by atoms with Crippen molar-refractivity contribution in [2.45, 2.75) is 64.8 Å². The van der Waals surface area contributed by atoms with Crippen molar-refractivity contribution in [3.05, 3.63) is 34.6 Å². The first-order valence-electron chi connectivity index (χ1n) is 8.76. The van der Waals surface area contributed by atoms with E-state index in [1.165, 1.54) is 0 Å². The normalized spacial score (nSPS) is 30.5.